The molecule has 0 aliphatic carbocycles. The van der Waals surface area contributed by atoms with Crippen molar-refractivity contribution in [3.8, 4) is 0 Å². The number of hydrogen-bond acceptors (Lipinski definition) is 2. The molecule has 1 amide bonds. The van der Waals surface area contributed by atoms with Crippen molar-refractivity contribution >= 4 is 5.91 Å². The van der Waals surface area contributed by atoms with Crippen LogP contribution in [0.25, 0.3) is 0 Å². The Morgan fingerprint density at radius 2 is 1.82 bits per heavy atom. The van der Waals surface area contributed by atoms with Crippen molar-refractivity contribution in [2.45, 2.75) is 58.0 Å². The first-order valence-electron chi connectivity index (χ1n) is 8.50. The summed E-state index contributed by atoms with van der Waals surface area (Å²) in [6.07, 6.45) is 2.74. The van der Waals surface area contributed by atoms with Crippen LogP contribution >= 0.6 is 0 Å². The SMILES string of the molecule is CCC1(O)CCN(C(=O)CC(c2ccccc2)C(C)C)CC1. The number of amides is 1. The molecule has 22 heavy (non-hydrogen) atoms. The Kier molecular flexibility index (Phi) is 5.63. The zero-order valence-electron chi connectivity index (χ0n) is 14.1. The first-order chi connectivity index (χ1) is 10.4. The van der Waals surface area contributed by atoms with E-state index in [1.165, 1.54) is 5.56 Å². The maximum absolute atomic E-state index is 12.6. The van der Waals surface area contributed by atoms with Gasteiger partial charge in [0.1, 0.15) is 0 Å². The van der Waals surface area contributed by atoms with Crippen LogP contribution in [-0.2, 0) is 4.79 Å². The van der Waals surface area contributed by atoms with E-state index in [9.17, 15) is 9.90 Å². The molecular weight excluding hydrogens is 274 g/mol. The van der Waals surface area contributed by atoms with Gasteiger partial charge in [-0.2, -0.15) is 0 Å². The Bertz CT molecular complexity index is 475. The minimum atomic E-state index is -0.562. The zero-order chi connectivity index (χ0) is 16.2. The zero-order valence-corrected chi connectivity index (χ0v) is 14.1. The second-order valence-corrected chi connectivity index (χ2v) is 6.92. The lowest BCUT2D eigenvalue weighted by atomic mass is 9.84. The van der Waals surface area contributed by atoms with Gasteiger partial charge in [-0.25, -0.2) is 0 Å². The van der Waals surface area contributed by atoms with Gasteiger partial charge in [0.15, 0.2) is 0 Å². The maximum atomic E-state index is 12.6. The molecule has 122 valence electrons. The van der Waals surface area contributed by atoms with E-state index in [1.54, 1.807) is 0 Å². The lowest BCUT2D eigenvalue weighted by molar-refractivity contribution is -0.136. The van der Waals surface area contributed by atoms with E-state index in [1.807, 2.05) is 30.0 Å². The summed E-state index contributed by atoms with van der Waals surface area (Å²) < 4.78 is 0. The lowest BCUT2D eigenvalue weighted by Gasteiger charge is -2.38. The van der Waals surface area contributed by atoms with Crippen molar-refractivity contribution in [1.29, 1.82) is 0 Å². The van der Waals surface area contributed by atoms with Crippen LogP contribution in [0.15, 0.2) is 30.3 Å². The number of hydrogen-bond donors (Lipinski definition) is 1. The average molecular weight is 303 g/mol. The molecule has 1 N–H and O–H groups in total. The van der Waals surface area contributed by atoms with E-state index in [2.05, 4.69) is 26.0 Å². The van der Waals surface area contributed by atoms with Gasteiger partial charge in [-0.3, -0.25) is 4.79 Å². The summed E-state index contributed by atoms with van der Waals surface area (Å²) in [5.74, 6) is 0.921. The summed E-state index contributed by atoms with van der Waals surface area (Å²) >= 11 is 0. The summed E-state index contributed by atoms with van der Waals surface area (Å²) in [4.78, 5) is 14.6. The van der Waals surface area contributed by atoms with Crippen molar-refractivity contribution in [3.05, 3.63) is 35.9 Å². The van der Waals surface area contributed by atoms with Gasteiger partial charge < -0.3 is 10.0 Å². The molecule has 1 aliphatic heterocycles. The normalized spacial score (nSPS) is 19.2. The summed E-state index contributed by atoms with van der Waals surface area (Å²) in [5.41, 5.74) is 0.682. The largest absolute Gasteiger partial charge is 0.390 e. The first kappa shape index (κ1) is 17.0. The molecule has 3 heteroatoms. The number of likely N-dealkylation sites (tertiary alicyclic amines) is 1. The molecule has 0 saturated carbocycles. The first-order valence-corrected chi connectivity index (χ1v) is 8.50. The second kappa shape index (κ2) is 7.28. The van der Waals surface area contributed by atoms with Crippen molar-refractivity contribution in [2.75, 3.05) is 13.1 Å². The summed E-state index contributed by atoms with van der Waals surface area (Å²) in [6, 6.07) is 10.3. The van der Waals surface area contributed by atoms with Gasteiger partial charge in [0, 0.05) is 19.5 Å². The molecule has 0 radical (unpaired) electrons. The highest BCUT2D eigenvalue weighted by molar-refractivity contribution is 5.77. The topological polar surface area (TPSA) is 40.5 Å². The molecule has 0 aromatic heterocycles. The van der Waals surface area contributed by atoms with Gasteiger partial charge in [-0.15, -0.1) is 0 Å². The van der Waals surface area contributed by atoms with Crippen LogP contribution < -0.4 is 0 Å². The Morgan fingerprint density at radius 1 is 1.23 bits per heavy atom. The molecule has 1 aliphatic rings. The Morgan fingerprint density at radius 3 is 2.32 bits per heavy atom. The van der Waals surface area contributed by atoms with Crippen molar-refractivity contribution in [2.24, 2.45) is 5.92 Å². The summed E-state index contributed by atoms with van der Waals surface area (Å²) in [7, 11) is 0. The van der Waals surface area contributed by atoms with E-state index >= 15 is 0 Å². The Labute approximate surface area is 134 Å². The fourth-order valence-electron chi connectivity index (χ4n) is 3.28. The number of aliphatic hydroxyl groups is 1. The highest BCUT2D eigenvalue weighted by atomic mass is 16.3. The fraction of sp³-hybridized carbons (Fsp3) is 0.632. The third-order valence-corrected chi connectivity index (χ3v) is 5.13. The lowest BCUT2D eigenvalue weighted by Crippen LogP contribution is -2.46. The van der Waals surface area contributed by atoms with Gasteiger partial charge in [0.25, 0.3) is 0 Å². The van der Waals surface area contributed by atoms with Crippen LogP contribution in [0.3, 0.4) is 0 Å². The predicted octanol–water partition coefficient (Wildman–Crippen LogP) is 3.58. The van der Waals surface area contributed by atoms with Crippen molar-refractivity contribution in [1.82, 2.24) is 4.90 Å². The quantitative estimate of drug-likeness (QED) is 0.903. The fourth-order valence-corrected chi connectivity index (χ4v) is 3.28. The molecule has 1 fully saturated rings. The standard InChI is InChI=1S/C19H29NO2/c1-4-19(22)10-12-20(13-11-19)18(21)14-17(15(2)3)16-8-6-5-7-9-16/h5-9,15,17,22H,4,10-14H2,1-3H3. The van der Waals surface area contributed by atoms with Crippen molar-refractivity contribution in [3.63, 3.8) is 0 Å². The molecule has 2 rings (SSSR count). The minimum absolute atomic E-state index is 0.223. The molecule has 1 atom stereocenters. The van der Waals surface area contributed by atoms with Crippen LogP contribution in [0.1, 0.15) is 57.9 Å². The molecule has 1 heterocycles. The number of benzene rings is 1. The Balaban J connectivity index is 1.98. The van der Waals surface area contributed by atoms with Crippen LogP contribution in [0.2, 0.25) is 0 Å². The monoisotopic (exact) mass is 303 g/mol. The van der Waals surface area contributed by atoms with Gasteiger partial charge in [-0.1, -0.05) is 51.1 Å². The molecule has 0 bridgehead atoms. The van der Waals surface area contributed by atoms with Crippen LogP contribution in [0.4, 0.5) is 0 Å². The number of carbonyl (C=O) groups excluding carboxylic acids is 1. The molecule has 1 saturated heterocycles. The molecular formula is C19H29NO2. The van der Waals surface area contributed by atoms with E-state index in [-0.39, 0.29) is 11.8 Å². The van der Waals surface area contributed by atoms with Crippen molar-refractivity contribution < 1.29 is 9.90 Å². The van der Waals surface area contributed by atoms with E-state index in [0.29, 0.717) is 38.3 Å². The van der Waals surface area contributed by atoms with E-state index in [4.69, 9.17) is 0 Å². The molecule has 1 aromatic carbocycles. The van der Waals surface area contributed by atoms with Gasteiger partial charge in [-0.05, 0) is 36.7 Å². The second-order valence-electron chi connectivity index (χ2n) is 6.92. The minimum Gasteiger partial charge on any atom is -0.390 e. The van der Waals surface area contributed by atoms with Crippen LogP contribution in [-0.4, -0.2) is 34.6 Å². The van der Waals surface area contributed by atoms with Gasteiger partial charge >= 0.3 is 0 Å². The molecule has 1 unspecified atom stereocenters. The smallest absolute Gasteiger partial charge is 0.223 e. The van der Waals surface area contributed by atoms with Crippen LogP contribution in [0.5, 0.6) is 0 Å². The highest BCUT2D eigenvalue weighted by Crippen LogP contribution is 2.30. The highest BCUT2D eigenvalue weighted by Gasteiger charge is 2.33. The molecule has 0 spiro atoms. The number of piperidine rings is 1. The summed E-state index contributed by atoms with van der Waals surface area (Å²) in [6.45, 7) is 7.74. The van der Waals surface area contributed by atoms with Gasteiger partial charge in [0.2, 0.25) is 5.91 Å². The molecule has 3 nitrogen and oxygen atoms in total. The average Bonchev–Trinajstić information content (AvgIpc) is 2.53. The Hall–Kier alpha value is -1.35. The van der Waals surface area contributed by atoms with Gasteiger partial charge in [0.05, 0.1) is 5.60 Å². The van der Waals surface area contributed by atoms with Crippen LogP contribution in [0, 0.1) is 5.92 Å². The maximum Gasteiger partial charge on any atom is 0.223 e. The predicted molar refractivity (Wildman–Crippen MR) is 89.7 cm³/mol. The summed E-state index contributed by atoms with van der Waals surface area (Å²) in [5, 5.41) is 10.3. The molecule has 1 aromatic rings. The number of nitrogens with zero attached hydrogens (tertiary/aromatic N) is 1. The van der Waals surface area contributed by atoms with E-state index in [0.717, 1.165) is 6.42 Å². The number of rotatable bonds is 5. The third kappa shape index (κ3) is 4.10. The number of carbonyl (C=O) groups is 1. The van der Waals surface area contributed by atoms with E-state index < -0.39 is 5.60 Å². The third-order valence-electron chi connectivity index (χ3n) is 5.13.